The molecular formula is C20H18ClNO7S. The first-order valence-electron chi connectivity index (χ1n) is 8.80. The molecule has 1 aromatic heterocycles. The monoisotopic (exact) mass is 451 g/mol. The van der Waals surface area contributed by atoms with E-state index in [1.807, 2.05) is 6.92 Å². The average Bonchev–Trinajstić information content (AvgIpc) is 3.30. The minimum Gasteiger partial charge on any atom is -0.493 e. The van der Waals surface area contributed by atoms with Gasteiger partial charge in [-0.2, -0.15) is 0 Å². The Morgan fingerprint density at radius 2 is 2.03 bits per heavy atom. The molecule has 2 amide bonds. The first-order chi connectivity index (χ1) is 14.4. The predicted molar refractivity (Wildman–Crippen MR) is 111 cm³/mol. The Morgan fingerprint density at radius 3 is 2.70 bits per heavy atom. The van der Waals surface area contributed by atoms with Crippen molar-refractivity contribution in [2.45, 2.75) is 13.5 Å². The van der Waals surface area contributed by atoms with E-state index in [0.717, 1.165) is 16.7 Å². The van der Waals surface area contributed by atoms with Crippen LogP contribution in [0.3, 0.4) is 0 Å². The highest BCUT2D eigenvalue weighted by Crippen LogP contribution is 2.39. The molecule has 0 saturated carbocycles. The van der Waals surface area contributed by atoms with Crippen LogP contribution in [0.5, 0.6) is 11.5 Å². The maximum absolute atomic E-state index is 12.7. The fourth-order valence-corrected chi connectivity index (χ4v) is 3.84. The number of ether oxygens (including phenoxy) is 3. The minimum atomic E-state index is -0.642. The van der Waals surface area contributed by atoms with Crippen LogP contribution in [0.25, 0.3) is 6.08 Å². The molecule has 0 aliphatic carbocycles. The first kappa shape index (κ1) is 21.8. The van der Waals surface area contributed by atoms with Crippen molar-refractivity contribution in [1.82, 2.24) is 4.90 Å². The number of carbonyl (C=O) groups excluding carboxylic acids is 3. The maximum Gasteiger partial charge on any atom is 0.373 e. The van der Waals surface area contributed by atoms with Gasteiger partial charge in [-0.25, -0.2) is 4.79 Å². The zero-order valence-electron chi connectivity index (χ0n) is 16.4. The lowest BCUT2D eigenvalue weighted by Gasteiger charge is -2.12. The molecule has 2 aromatic rings. The number of furan rings is 1. The Morgan fingerprint density at radius 1 is 1.27 bits per heavy atom. The molecule has 1 aromatic carbocycles. The number of hydrogen-bond acceptors (Lipinski definition) is 8. The van der Waals surface area contributed by atoms with Crippen LogP contribution in [-0.2, 0) is 16.1 Å². The lowest BCUT2D eigenvalue weighted by molar-refractivity contribution is -0.123. The number of methoxy groups -OCH3 is 2. The van der Waals surface area contributed by atoms with Crippen molar-refractivity contribution in [2.24, 2.45) is 0 Å². The molecule has 158 valence electrons. The van der Waals surface area contributed by atoms with Crippen LogP contribution in [0.15, 0.2) is 33.6 Å². The van der Waals surface area contributed by atoms with Crippen LogP contribution in [0, 0.1) is 0 Å². The van der Waals surface area contributed by atoms with E-state index in [-0.39, 0.29) is 23.0 Å². The standard InChI is InChI=1S/C20H18ClNO7S/c1-4-28-17-13(21)7-11(8-15(17)26-2)9-16-18(23)22(20(25)30-16)10-12-5-6-14(29-12)19(24)27-3/h5-9H,4,10H2,1-3H3/b16-9+. The van der Waals surface area contributed by atoms with Crippen molar-refractivity contribution in [2.75, 3.05) is 20.8 Å². The molecule has 1 fully saturated rings. The van der Waals surface area contributed by atoms with E-state index in [4.69, 9.17) is 25.5 Å². The van der Waals surface area contributed by atoms with Crippen molar-refractivity contribution in [1.29, 1.82) is 0 Å². The van der Waals surface area contributed by atoms with Crippen molar-refractivity contribution in [3.63, 3.8) is 0 Å². The summed E-state index contributed by atoms with van der Waals surface area (Å²) < 4.78 is 20.7. The number of halogens is 1. The van der Waals surface area contributed by atoms with E-state index in [2.05, 4.69) is 4.74 Å². The number of imide groups is 1. The molecule has 10 heteroatoms. The third-order valence-corrected chi connectivity index (χ3v) is 5.26. The highest BCUT2D eigenvalue weighted by atomic mass is 35.5. The summed E-state index contributed by atoms with van der Waals surface area (Å²) in [7, 11) is 2.71. The molecule has 1 saturated heterocycles. The molecular weight excluding hydrogens is 434 g/mol. The number of carbonyl (C=O) groups is 3. The number of rotatable bonds is 7. The molecule has 0 bridgehead atoms. The summed E-state index contributed by atoms with van der Waals surface area (Å²) in [5, 5.41) is -0.126. The largest absolute Gasteiger partial charge is 0.493 e. The second-order valence-electron chi connectivity index (χ2n) is 5.99. The quantitative estimate of drug-likeness (QED) is 0.452. The lowest BCUT2D eigenvalue weighted by Crippen LogP contribution is -2.27. The summed E-state index contributed by atoms with van der Waals surface area (Å²) in [5.41, 5.74) is 0.580. The summed E-state index contributed by atoms with van der Waals surface area (Å²) in [5.74, 6) is -0.0237. The molecule has 30 heavy (non-hydrogen) atoms. The Hall–Kier alpha value is -2.91. The topological polar surface area (TPSA) is 95.3 Å². The van der Waals surface area contributed by atoms with E-state index in [9.17, 15) is 14.4 Å². The molecule has 1 aliphatic rings. The number of benzene rings is 1. The van der Waals surface area contributed by atoms with E-state index in [0.29, 0.717) is 28.7 Å². The number of amides is 2. The maximum atomic E-state index is 12.7. The molecule has 3 rings (SSSR count). The van der Waals surface area contributed by atoms with Crippen molar-refractivity contribution >= 4 is 46.6 Å². The van der Waals surface area contributed by atoms with Gasteiger partial charge in [0, 0.05) is 0 Å². The van der Waals surface area contributed by atoms with Gasteiger partial charge in [0.25, 0.3) is 11.1 Å². The fourth-order valence-electron chi connectivity index (χ4n) is 2.72. The lowest BCUT2D eigenvalue weighted by atomic mass is 10.1. The van der Waals surface area contributed by atoms with Crippen LogP contribution in [0.1, 0.15) is 28.8 Å². The van der Waals surface area contributed by atoms with Crippen LogP contribution in [0.2, 0.25) is 5.02 Å². The molecule has 8 nitrogen and oxygen atoms in total. The SMILES string of the molecule is CCOc1c(Cl)cc(/C=C2/SC(=O)N(Cc3ccc(C(=O)OC)o3)C2=O)cc1OC. The summed E-state index contributed by atoms with van der Waals surface area (Å²) in [6.45, 7) is 2.14. The van der Waals surface area contributed by atoms with Gasteiger partial charge in [-0.1, -0.05) is 11.6 Å². The summed E-state index contributed by atoms with van der Waals surface area (Å²) >= 11 is 7.06. The number of esters is 1. The Bertz CT molecular complexity index is 1030. The van der Waals surface area contributed by atoms with Gasteiger partial charge in [-0.3, -0.25) is 14.5 Å². The molecule has 2 heterocycles. The summed E-state index contributed by atoms with van der Waals surface area (Å²) in [6.07, 6.45) is 1.55. The van der Waals surface area contributed by atoms with Gasteiger partial charge in [0.2, 0.25) is 5.76 Å². The van der Waals surface area contributed by atoms with Crippen LogP contribution in [-0.4, -0.2) is 42.8 Å². The number of hydrogen-bond donors (Lipinski definition) is 0. The minimum absolute atomic E-state index is 0.00821. The van der Waals surface area contributed by atoms with Gasteiger partial charge in [-0.05, 0) is 54.6 Å². The Balaban J connectivity index is 1.82. The van der Waals surface area contributed by atoms with Gasteiger partial charge < -0.3 is 18.6 Å². The number of thioether (sulfide) groups is 1. The summed E-state index contributed by atoms with van der Waals surface area (Å²) in [4.78, 5) is 37.8. The average molecular weight is 452 g/mol. The van der Waals surface area contributed by atoms with Gasteiger partial charge in [0.15, 0.2) is 11.5 Å². The third-order valence-electron chi connectivity index (χ3n) is 4.07. The normalized spacial score (nSPS) is 15.1. The second-order valence-corrected chi connectivity index (χ2v) is 7.39. The van der Waals surface area contributed by atoms with E-state index in [1.54, 1.807) is 18.2 Å². The van der Waals surface area contributed by atoms with Gasteiger partial charge in [0.1, 0.15) is 5.76 Å². The van der Waals surface area contributed by atoms with Gasteiger partial charge in [-0.15, -0.1) is 0 Å². The van der Waals surface area contributed by atoms with Crippen molar-refractivity contribution < 1.29 is 33.0 Å². The van der Waals surface area contributed by atoms with Crippen LogP contribution in [0.4, 0.5) is 4.79 Å². The second kappa shape index (κ2) is 9.27. The zero-order chi connectivity index (χ0) is 21.8. The first-order valence-corrected chi connectivity index (χ1v) is 10.00. The Kier molecular flexibility index (Phi) is 6.73. The zero-order valence-corrected chi connectivity index (χ0v) is 18.0. The highest BCUT2D eigenvalue weighted by molar-refractivity contribution is 8.18. The van der Waals surface area contributed by atoms with Gasteiger partial charge >= 0.3 is 5.97 Å². The molecule has 1 aliphatic heterocycles. The number of nitrogens with zero attached hydrogens (tertiary/aromatic N) is 1. The Labute approximate surface area is 181 Å². The van der Waals surface area contributed by atoms with Crippen LogP contribution >= 0.6 is 23.4 Å². The fraction of sp³-hybridized carbons (Fsp3) is 0.250. The molecule has 0 unspecified atom stereocenters. The van der Waals surface area contributed by atoms with Crippen molar-refractivity contribution in [3.8, 4) is 11.5 Å². The molecule has 0 atom stereocenters. The molecule has 0 N–H and O–H groups in total. The summed E-state index contributed by atoms with van der Waals surface area (Å²) in [6, 6.07) is 6.22. The van der Waals surface area contributed by atoms with E-state index in [1.165, 1.54) is 26.4 Å². The molecule has 0 radical (unpaired) electrons. The van der Waals surface area contributed by atoms with E-state index >= 15 is 0 Å². The van der Waals surface area contributed by atoms with Crippen LogP contribution < -0.4 is 9.47 Å². The smallest absolute Gasteiger partial charge is 0.373 e. The van der Waals surface area contributed by atoms with Gasteiger partial charge in [0.05, 0.1) is 37.3 Å². The predicted octanol–water partition coefficient (Wildman–Crippen LogP) is 4.36. The highest BCUT2D eigenvalue weighted by Gasteiger charge is 2.36. The van der Waals surface area contributed by atoms with E-state index < -0.39 is 17.1 Å². The van der Waals surface area contributed by atoms with Crippen molar-refractivity contribution in [3.05, 3.63) is 51.3 Å². The third kappa shape index (κ3) is 4.47. The molecule has 0 spiro atoms.